The van der Waals surface area contributed by atoms with Crippen molar-refractivity contribution < 1.29 is 15.0 Å². The largest absolute Gasteiger partial charge is 0.481 e. The van der Waals surface area contributed by atoms with Crippen LogP contribution in [0.5, 0.6) is 0 Å². The molecule has 0 spiro atoms. The molecule has 5 atom stereocenters. The maximum Gasteiger partial charge on any atom is 0.303 e. The topological polar surface area (TPSA) is 57.5 Å². The molecule has 2 N–H and O–H groups in total. The Morgan fingerprint density at radius 2 is 2.05 bits per heavy atom. The van der Waals surface area contributed by atoms with Gasteiger partial charge in [-0.15, -0.1) is 0 Å². The number of carboxylic acid groups (broad SMARTS) is 1. The molecule has 3 nitrogen and oxygen atoms in total. The van der Waals surface area contributed by atoms with Crippen LogP contribution < -0.4 is 0 Å². The second kappa shape index (κ2) is 6.51. The molecule has 0 radical (unpaired) electrons. The van der Waals surface area contributed by atoms with E-state index in [0.717, 1.165) is 18.8 Å². The first-order valence-corrected chi connectivity index (χ1v) is 8.39. The van der Waals surface area contributed by atoms with Gasteiger partial charge in [-0.3, -0.25) is 4.79 Å². The number of aliphatic carboxylic acids is 1. The number of carbonyl (C=O) groups is 1. The van der Waals surface area contributed by atoms with Gasteiger partial charge in [-0.2, -0.15) is 0 Å². The van der Waals surface area contributed by atoms with Gasteiger partial charge in [0.25, 0.3) is 0 Å². The summed E-state index contributed by atoms with van der Waals surface area (Å²) in [6.45, 7) is 6.67. The van der Waals surface area contributed by atoms with Crippen molar-refractivity contribution in [1.29, 1.82) is 0 Å². The number of aliphatic hydroxyl groups is 1. The first kappa shape index (κ1) is 16.5. The summed E-state index contributed by atoms with van der Waals surface area (Å²) in [6.07, 6.45) is 9.48. The van der Waals surface area contributed by atoms with Crippen LogP contribution in [0.4, 0.5) is 0 Å². The third-order valence-electron chi connectivity index (χ3n) is 6.07. The fourth-order valence-corrected chi connectivity index (χ4v) is 4.70. The van der Waals surface area contributed by atoms with E-state index in [9.17, 15) is 9.90 Å². The highest BCUT2D eigenvalue weighted by atomic mass is 16.4. The second-order valence-corrected chi connectivity index (χ2v) is 7.67. The van der Waals surface area contributed by atoms with E-state index in [1.54, 1.807) is 0 Å². The molecule has 3 aliphatic carbocycles. The van der Waals surface area contributed by atoms with Crippen LogP contribution >= 0.6 is 0 Å². The molecule has 0 aliphatic heterocycles. The number of unbranched alkanes of at least 4 members (excludes halogenated alkanes) is 1. The first-order valence-electron chi connectivity index (χ1n) is 8.39. The summed E-state index contributed by atoms with van der Waals surface area (Å²) in [6, 6.07) is 0. The molecule has 4 unspecified atom stereocenters. The molecule has 21 heavy (non-hydrogen) atoms. The van der Waals surface area contributed by atoms with Crippen molar-refractivity contribution in [3.8, 4) is 0 Å². The van der Waals surface area contributed by atoms with Crippen molar-refractivity contribution in [2.24, 2.45) is 29.1 Å². The summed E-state index contributed by atoms with van der Waals surface area (Å²) in [5.41, 5.74) is 0.406. The second-order valence-electron chi connectivity index (χ2n) is 7.67. The maximum absolute atomic E-state index is 10.4. The Morgan fingerprint density at radius 3 is 2.62 bits per heavy atom. The number of rotatable bonds is 7. The van der Waals surface area contributed by atoms with Crippen molar-refractivity contribution in [3.63, 3.8) is 0 Å². The molecule has 3 fully saturated rings. The monoisotopic (exact) mass is 294 g/mol. The summed E-state index contributed by atoms with van der Waals surface area (Å²) in [5, 5.41) is 18.8. The summed E-state index contributed by atoms with van der Waals surface area (Å²) < 4.78 is 0. The highest BCUT2D eigenvalue weighted by Gasteiger charge is 2.58. The molecule has 0 aromatic heterocycles. The van der Waals surface area contributed by atoms with Gasteiger partial charge in [0.2, 0.25) is 0 Å². The lowest BCUT2D eigenvalue weighted by molar-refractivity contribution is -0.162. The molecule has 0 amide bonds. The van der Waals surface area contributed by atoms with Gasteiger partial charge in [0.05, 0.1) is 6.10 Å². The highest BCUT2D eigenvalue weighted by molar-refractivity contribution is 5.66. The molecule has 3 aliphatic rings. The van der Waals surface area contributed by atoms with Crippen molar-refractivity contribution >= 4 is 5.97 Å². The van der Waals surface area contributed by atoms with E-state index in [2.05, 4.69) is 26.0 Å². The number of fused-ring (bicyclic) bond motifs is 2. The maximum atomic E-state index is 10.4. The molecule has 0 aromatic rings. The lowest BCUT2D eigenvalue weighted by Gasteiger charge is -2.63. The van der Waals surface area contributed by atoms with Crippen LogP contribution in [0.15, 0.2) is 12.2 Å². The van der Waals surface area contributed by atoms with Gasteiger partial charge in [0, 0.05) is 6.42 Å². The molecule has 3 heteroatoms. The van der Waals surface area contributed by atoms with Crippen LogP contribution in [-0.4, -0.2) is 22.3 Å². The minimum atomic E-state index is -0.716. The van der Waals surface area contributed by atoms with Gasteiger partial charge in [0.15, 0.2) is 0 Å². The minimum Gasteiger partial charge on any atom is -0.481 e. The zero-order valence-corrected chi connectivity index (χ0v) is 13.6. The molecule has 3 saturated carbocycles. The van der Waals surface area contributed by atoms with E-state index in [4.69, 9.17) is 5.11 Å². The fraction of sp³-hybridized carbons (Fsp3) is 0.833. The van der Waals surface area contributed by atoms with E-state index in [1.165, 1.54) is 12.8 Å². The Balaban J connectivity index is 1.83. The van der Waals surface area contributed by atoms with Gasteiger partial charge in [-0.1, -0.05) is 26.0 Å². The summed E-state index contributed by atoms with van der Waals surface area (Å²) in [4.78, 5) is 10.4. The third kappa shape index (κ3) is 3.50. The summed E-state index contributed by atoms with van der Waals surface area (Å²) >= 11 is 0. The standard InChI is InChI=1S/C18H30O3/c1-12(19)17-13(8-6-4-5-7-9-16(20)21)10-14-11-15(17)18(14,2)3/h4,6,12-15,17,19H,5,7-11H2,1-3H3,(H,20,21)/t12?,13-,14?,15?,17?/m1/s1. The summed E-state index contributed by atoms with van der Waals surface area (Å²) in [5.74, 6) is 1.79. The van der Waals surface area contributed by atoms with E-state index in [0.29, 0.717) is 29.6 Å². The molecule has 0 aromatic carbocycles. The van der Waals surface area contributed by atoms with Crippen molar-refractivity contribution in [1.82, 2.24) is 0 Å². The quantitative estimate of drug-likeness (QED) is 0.553. The smallest absolute Gasteiger partial charge is 0.303 e. The molecule has 3 rings (SSSR count). The van der Waals surface area contributed by atoms with E-state index in [-0.39, 0.29) is 12.5 Å². The van der Waals surface area contributed by atoms with Crippen LogP contribution in [-0.2, 0) is 4.79 Å². The van der Waals surface area contributed by atoms with Crippen LogP contribution in [0, 0.1) is 29.1 Å². The fourth-order valence-electron chi connectivity index (χ4n) is 4.70. The van der Waals surface area contributed by atoms with Crippen LogP contribution in [0.3, 0.4) is 0 Å². The Hall–Kier alpha value is -0.830. The number of hydrogen-bond acceptors (Lipinski definition) is 2. The number of hydrogen-bond donors (Lipinski definition) is 2. The average molecular weight is 294 g/mol. The third-order valence-corrected chi connectivity index (χ3v) is 6.07. The molecule has 0 heterocycles. The summed E-state index contributed by atoms with van der Waals surface area (Å²) in [7, 11) is 0. The molecule has 0 saturated heterocycles. The van der Waals surface area contributed by atoms with E-state index in [1.807, 2.05) is 6.92 Å². The lowest BCUT2D eigenvalue weighted by Crippen LogP contribution is -2.58. The van der Waals surface area contributed by atoms with Gasteiger partial charge in [-0.05, 0) is 68.1 Å². The number of allylic oxidation sites excluding steroid dienone is 2. The predicted octanol–water partition coefficient (Wildman–Crippen LogP) is 3.87. The normalized spacial score (nSPS) is 35.4. The van der Waals surface area contributed by atoms with Gasteiger partial charge < -0.3 is 10.2 Å². The van der Waals surface area contributed by atoms with Crippen molar-refractivity contribution in [2.75, 3.05) is 0 Å². The van der Waals surface area contributed by atoms with E-state index < -0.39 is 5.97 Å². The number of carboxylic acids is 1. The Bertz CT molecular complexity index is 397. The van der Waals surface area contributed by atoms with Crippen molar-refractivity contribution in [3.05, 3.63) is 12.2 Å². The Kier molecular flexibility index (Phi) is 5.13. The zero-order chi connectivity index (χ0) is 15.6. The zero-order valence-electron chi connectivity index (χ0n) is 13.6. The van der Waals surface area contributed by atoms with Crippen molar-refractivity contribution in [2.45, 2.75) is 65.4 Å². The van der Waals surface area contributed by atoms with Gasteiger partial charge >= 0.3 is 5.97 Å². The predicted molar refractivity (Wildman–Crippen MR) is 83.9 cm³/mol. The average Bonchev–Trinajstić information content (AvgIpc) is 2.41. The minimum absolute atomic E-state index is 0.221. The van der Waals surface area contributed by atoms with Crippen LogP contribution in [0.2, 0.25) is 0 Å². The van der Waals surface area contributed by atoms with Crippen LogP contribution in [0.1, 0.15) is 59.3 Å². The first-order chi connectivity index (χ1) is 9.84. The van der Waals surface area contributed by atoms with Gasteiger partial charge in [0.1, 0.15) is 0 Å². The SMILES string of the molecule is CC(O)C1C2CC(C[C@H]1CC=CCCCC(=O)O)C2(C)C. The highest BCUT2D eigenvalue weighted by Crippen LogP contribution is 2.64. The molecular formula is C18H30O3. The van der Waals surface area contributed by atoms with Crippen LogP contribution in [0.25, 0.3) is 0 Å². The Labute approximate surface area is 128 Å². The molecular weight excluding hydrogens is 264 g/mol. The molecule has 2 bridgehead atoms. The Morgan fingerprint density at radius 1 is 1.33 bits per heavy atom. The van der Waals surface area contributed by atoms with E-state index >= 15 is 0 Å². The lowest BCUT2D eigenvalue weighted by atomic mass is 9.42. The number of aliphatic hydroxyl groups excluding tert-OH is 1. The molecule has 120 valence electrons. The van der Waals surface area contributed by atoms with Gasteiger partial charge in [-0.25, -0.2) is 0 Å².